The van der Waals surface area contributed by atoms with Gasteiger partial charge in [-0.3, -0.25) is 0 Å². The van der Waals surface area contributed by atoms with Crippen LogP contribution in [0.2, 0.25) is 0 Å². The van der Waals surface area contributed by atoms with Crippen LogP contribution in [0.3, 0.4) is 0 Å². The summed E-state index contributed by atoms with van der Waals surface area (Å²) in [5, 5.41) is 0. The molecule has 0 aliphatic rings. The quantitative estimate of drug-likeness (QED) is 0.0743. The summed E-state index contributed by atoms with van der Waals surface area (Å²) >= 11 is 5.95. The number of hydrogen-bond acceptors (Lipinski definition) is 2. The molecule has 0 saturated heterocycles. The molecule has 0 aliphatic heterocycles. The van der Waals surface area contributed by atoms with E-state index in [9.17, 15) is 9.79 Å². The smallest absolute Gasteiger partial charge is 0.246 e. The van der Waals surface area contributed by atoms with Gasteiger partial charge in [0.05, 0.1) is 0 Å². The van der Waals surface area contributed by atoms with E-state index in [0.29, 0.717) is 0 Å². The highest BCUT2D eigenvalue weighted by Gasteiger charge is 2.12. The summed E-state index contributed by atoms with van der Waals surface area (Å²) in [5.41, 5.74) is -0.422. The third-order valence-electron chi connectivity index (χ3n) is 8.00. The monoisotopic (exact) mass is 598 g/mol. The maximum Gasteiger partial charge on any atom is 0.246 e. The minimum absolute atomic E-state index is 0.913. The number of hydrogen-bond donors (Lipinski definition) is 2. The molecule has 0 heterocycles. The fourth-order valence-corrected chi connectivity index (χ4v) is 8.12. The van der Waals surface area contributed by atoms with Crippen LogP contribution >= 0.6 is 17.1 Å². The van der Waals surface area contributed by atoms with Crippen LogP contribution in [-0.4, -0.2) is 9.79 Å². The van der Waals surface area contributed by atoms with E-state index >= 15 is 0 Å². The molecule has 0 atom stereocenters. The molecule has 0 radical (unpaired) electrons. The zero-order valence-electron chi connectivity index (χ0n) is 25.8. The van der Waals surface area contributed by atoms with Gasteiger partial charge in [-0.05, 0) is 72.1 Å². The average molecular weight is 599 g/mol. The molecule has 5 heteroatoms. The molecule has 1 aromatic carbocycles. The Morgan fingerprint density at radius 2 is 0.846 bits per heavy atom. The van der Waals surface area contributed by atoms with Crippen LogP contribution in [-0.2, 0) is 24.6 Å². The van der Waals surface area contributed by atoms with E-state index in [1.807, 2.05) is 6.07 Å². The van der Waals surface area contributed by atoms with Crippen LogP contribution in [0.5, 0.6) is 0 Å². The van der Waals surface area contributed by atoms with E-state index in [1.165, 1.54) is 165 Å². The van der Waals surface area contributed by atoms with Gasteiger partial charge in [0.15, 0.2) is 0 Å². The first-order chi connectivity index (χ1) is 19.0. The fourth-order valence-electron chi connectivity index (χ4n) is 5.59. The first kappa shape index (κ1) is 37.2. The molecule has 2 nitrogen and oxygen atoms in total. The normalized spacial score (nSPS) is 11.9. The highest BCUT2D eigenvalue weighted by Crippen LogP contribution is 2.55. The summed E-state index contributed by atoms with van der Waals surface area (Å²) in [7, 11) is 0. The van der Waals surface area contributed by atoms with Gasteiger partial charge < -0.3 is 9.79 Å². The Labute approximate surface area is 252 Å². The molecule has 2 N–H and O–H groups in total. The molecule has 0 saturated carbocycles. The zero-order valence-corrected chi connectivity index (χ0v) is 28.3. The maximum atomic E-state index is 9.79. The Hall–Kier alpha value is 0.140. The van der Waals surface area contributed by atoms with Gasteiger partial charge in [-0.1, -0.05) is 161 Å². The SMILES string of the molecule is CCCCCCCCCCCCCCc1ccc(SP(O)(O)=S)cc1CCCCCCCCCCCCCC. The summed E-state index contributed by atoms with van der Waals surface area (Å²) in [6.45, 7) is 4.57. The molecule has 39 heavy (non-hydrogen) atoms. The second-order valence-corrected chi connectivity index (χ2v) is 17.7. The molecule has 0 bridgehead atoms. The lowest BCUT2D eigenvalue weighted by Gasteiger charge is -2.13. The van der Waals surface area contributed by atoms with Crippen LogP contribution in [0.1, 0.15) is 179 Å². The van der Waals surface area contributed by atoms with Gasteiger partial charge in [0.1, 0.15) is 0 Å². The van der Waals surface area contributed by atoms with Crippen molar-refractivity contribution in [3.8, 4) is 0 Å². The molecule has 0 aromatic heterocycles. The topological polar surface area (TPSA) is 40.5 Å². The number of aryl methyl sites for hydroxylation is 2. The van der Waals surface area contributed by atoms with Gasteiger partial charge >= 0.3 is 0 Å². The molecular formula is C34H63O2PS2. The summed E-state index contributed by atoms with van der Waals surface area (Å²) in [6.07, 6.45) is 35.3. The Kier molecular flexibility index (Phi) is 24.6. The van der Waals surface area contributed by atoms with Crippen LogP contribution in [0.25, 0.3) is 0 Å². The van der Waals surface area contributed by atoms with Crippen molar-refractivity contribution in [1.29, 1.82) is 0 Å². The number of rotatable bonds is 28. The molecule has 0 aliphatic carbocycles. The molecule has 228 valence electrons. The predicted octanol–water partition coefficient (Wildman–Crippen LogP) is 12.5. The first-order valence-electron chi connectivity index (χ1n) is 16.8. The van der Waals surface area contributed by atoms with Crippen molar-refractivity contribution in [2.45, 2.75) is 186 Å². The van der Waals surface area contributed by atoms with E-state index in [-0.39, 0.29) is 0 Å². The Balaban J connectivity index is 2.28. The molecule has 0 amide bonds. The number of unbranched alkanes of at least 4 members (excludes halogenated alkanes) is 22. The zero-order chi connectivity index (χ0) is 28.4. The summed E-state index contributed by atoms with van der Waals surface area (Å²) in [6, 6.07) is 6.45. The van der Waals surface area contributed by atoms with Crippen molar-refractivity contribution in [3.63, 3.8) is 0 Å². The minimum atomic E-state index is -3.28. The predicted molar refractivity (Wildman–Crippen MR) is 181 cm³/mol. The molecule has 0 unspecified atom stereocenters. The average Bonchev–Trinajstić information content (AvgIpc) is 2.90. The van der Waals surface area contributed by atoms with E-state index in [4.69, 9.17) is 11.8 Å². The Morgan fingerprint density at radius 1 is 0.513 bits per heavy atom. The molecule has 0 spiro atoms. The molecule has 0 fully saturated rings. The maximum absolute atomic E-state index is 9.79. The fraction of sp³-hybridized carbons (Fsp3) is 0.824. The van der Waals surface area contributed by atoms with Gasteiger partial charge in [-0.2, -0.15) is 0 Å². The molecule has 1 rings (SSSR count). The van der Waals surface area contributed by atoms with Crippen LogP contribution in [0, 0.1) is 0 Å². The van der Waals surface area contributed by atoms with E-state index in [2.05, 4.69) is 26.0 Å². The second-order valence-electron chi connectivity index (χ2n) is 11.8. The van der Waals surface area contributed by atoms with Crippen LogP contribution in [0.15, 0.2) is 23.1 Å². The largest absolute Gasteiger partial charge is 0.337 e. The number of benzene rings is 1. The summed E-state index contributed by atoms with van der Waals surface area (Å²) in [5.74, 6) is 0. The standard InChI is InChI=1S/C34H63O2PS2/c1-3-5-7-9-11-13-15-17-19-21-23-25-27-32-29-30-34(39-37(35,36)38)31-33(32)28-26-24-22-20-18-16-14-12-10-8-6-4-2/h29-31H,3-28H2,1-2H3,(H2,35,36,38). The minimum Gasteiger partial charge on any atom is -0.337 e. The first-order valence-corrected chi connectivity index (χ1v) is 21.0. The van der Waals surface area contributed by atoms with Crippen molar-refractivity contribution in [2.75, 3.05) is 0 Å². The Morgan fingerprint density at radius 3 is 1.21 bits per heavy atom. The molecular weight excluding hydrogens is 535 g/mol. The molecule has 1 aromatic rings. The van der Waals surface area contributed by atoms with E-state index in [1.54, 1.807) is 0 Å². The lowest BCUT2D eigenvalue weighted by atomic mass is 9.96. The highest BCUT2D eigenvalue weighted by molar-refractivity contribution is 8.67. The highest BCUT2D eigenvalue weighted by atomic mass is 32.9. The third kappa shape index (κ3) is 23.4. The third-order valence-corrected chi connectivity index (χ3v) is 10.7. The lowest BCUT2D eigenvalue weighted by molar-refractivity contribution is 0.502. The van der Waals surface area contributed by atoms with Crippen molar-refractivity contribution in [3.05, 3.63) is 29.3 Å². The van der Waals surface area contributed by atoms with E-state index < -0.39 is 5.69 Å². The van der Waals surface area contributed by atoms with Gasteiger partial charge in [0.25, 0.3) is 0 Å². The summed E-state index contributed by atoms with van der Waals surface area (Å²) in [4.78, 5) is 20.5. The summed E-state index contributed by atoms with van der Waals surface area (Å²) < 4.78 is 0. The van der Waals surface area contributed by atoms with E-state index in [0.717, 1.165) is 29.1 Å². The van der Waals surface area contributed by atoms with Gasteiger partial charge in [0, 0.05) is 4.90 Å². The van der Waals surface area contributed by atoms with Gasteiger partial charge in [0.2, 0.25) is 5.69 Å². The van der Waals surface area contributed by atoms with Gasteiger partial charge in [-0.25, -0.2) is 0 Å². The van der Waals surface area contributed by atoms with Crippen LogP contribution in [0.4, 0.5) is 0 Å². The van der Waals surface area contributed by atoms with Crippen molar-refractivity contribution in [2.24, 2.45) is 0 Å². The second kappa shape index (κ2) is 25.8. The van der Waals surface area contributed by atoms with Crippen molar-refractivity contribution in [1.82, 2.24) is 0 Å². The Bertz CT molecular complexity index is 734. The van der Waals surface area contributed by atoms with Crippen LogP contribution < -0.4 is 0 Å². The van der Waals surface area contributed by atoms with Gasteiger partial charge in [-0.15, -0.1) is 0 Å². The van der Waals surface area contributed by atoms with Crippen molar-refractivity contribution >= 4 is 28.9 Å². The van der Waals surface area contributed by atoms with Crippen molar-refractivity contribution < 1.29 is 9.79 Å². The lowest BCUT2D eigenvalue weighted by Crippen LogP contribution is -1.97.